The van der Waals surface area contributed by atoms with E-state index in [9.17, 15) is 0 Å². The van der Waals surface area contributed by atoms with Gasteiger partial charge in [-0.05, 0) is 29.5 Å². The first-order valence-electron chi connectivity index (χ1n) is 5.82. The second kappa shape index (κ2) is 6.68. The highest BCUT2D eigenvalue weighted by molar-refractivity contribution is 7.16. The molecule has 0 fully saturated rings. The van der Waals surface area contributed by atoms with Gasteiger partial charge in [-0.25, -0.2) is 0 Å². The van der Waals surface area contributed by atoms with E-state index in [0.29, 0.717) is 12.5 Å². The lowest BCUT2D eigenvalue weighted by molar-refractivity contribution is 0.00965. The summed E-state index contributed by atoms with van der Waals surface area (Å²) in [6, 6.07) is 8.19. The number of hydrogen-bond acceptors (Lipinski definition) is 4. The number of hydroxylamine groups is 1. The average molecular weight is 302 g/mol. The Bertz CT molecular complexity index is 467. The van der Waals surface area contributed by atoms with Crippen molar-refractivity contribution in [3.63, 3.8) is 0 Å². The van der Waals surface area contributed by atoms with Crippen LogP contribution >= 0.6 is 34.3 Å². The summed E-state index contributed by atoms with van der Waals surface area (Å²) in [6.07, 6.45) is 0. The summed E-state index contributed by atoms with van der Waals surface area (Å²) in [5.74, 6) is 0.508. The molecule has 0 radical (unpaired) electrons. The van der Waals surface area contributed by atoms with Gasteiger partial charge in [0.15, 0.2) is 0 Å². The maximum absolute atomic E-state index is 6.00. The monoisotopic (exact) mass is 301 g/mol. The van der Waals surface area contributed by atoms with Gasteiger partial charge < -0.3 is 4.84 Å². The van der Waals surface area contributed by atoms with Crippen LogP contribution in [0, 0.1) is 5.92 Å². The molecule has 2 nitrogen and oxygen atoms in total. The number of rotatable bonds is 6. The molecule has 0 aliphatic heterocycles. The van der Waals surface area contributed by atoms with E-state index in [2.05, 4.69) is 30.8 Å². The van der Waals surface area contributed by atoms with Crippen molar-refractivity contribution in [1.82, 2.24) is 5.48 Å². The second-order valence-corrected chi connectivity index (χ2v) is 7.14. The minimum Gasteiger partial charge on any atom is -0.301 e. The third-order valence-corrected chi connectivity index (χ3v) is 4.56. The molecule has 5 heteroatoms. The van der Waals surface area contributed by atoms with Crippen LogP contribution in [0.25, 0.3) is 0 Å². The van der Waals surface area contributed by atoms with Crippen LogP contribution in [-0.2, 0) is 4.84 Å². The van der Waals surface area contributed by atoms with E-state index in [1.165, 1.54) is 9.75 Å². The summed E-state index contributed by atoms with van der Waals surface area (Å²) in [6.45, 7) is 4.95. The standard InChI is InChI=1S/C13H16ClNOS2/c1-9(2)8-16-15-13(10-4-3-7-17-10)11-5-6-12(14)18-11/h3-7,9,13,15H,8H2,1-2H3. The maximum Gasteiger partial charge on any atom is 0.101 e. The van der Waals surface area contributed by atoms with Crippen LogP contribution in [0.3, 0.4) is 0 Å². The topological polar surface area (TPSA) is 21.3 Å². The molecule has 0 saturated carbocycles. The Morgan fingerprint density at radius 1 is 1.28 bits per heavy atom. The molecule has 0 saturated heterocycles. The third-order valence-electron chi connectivity index (χ3n) is 2.32. The van der Waals surface area contributed by atoms with Crippen LogP contribution in [0.5, 0.6) is 0 Å². The van der Waals surface area contributed by atoms with Gasteiger partial charge in [0.25, 0.3) is 0 Å². The average Bonchev–Trinajstić information content (AvgIpc) is 2.95. The molecule has 1 atom stereocenters. The Kier molecular flexibility index (Phi) is 5.21. The molecule has 0 aliphatic carbocycles. The van der Waals surface area contributed by atoms with Crippen LogP contribution in [0.2, 0.25) is 4.34 Å². The largest absolute Gasteiger partial charge is 0.301 e. The second-order valence-electron chi connectivity index (χ2n) is 4.41. The van der Waals surface area contributed by atoms with Gasteiger partial charge in [-0.3, -0.25) is 0 Å². The zero-order chi connectivity index (χ0) is 13.0. The molecule has 0 bridgehead atoms. The van der Waals surface area contributed by atoms with Gasteiger partial charge in [0, 0.05) is 9.75 Å². The summed E-state index contributed by atoms with van der Waals surface area (Å²) >= 11 is 9.30. The van der Waals surface area contributed by atoms with Crippen molar-refractivity contribution in [2.45, 2.75) is 19.9 Å². The summed E-state index contributed by atoms with van der Waals surface area (Å²) < 4.78 is 0.803. The van der Waals surface area contributed by atoms with Crippen molar-refractivity contribution in [1.29, 1.82) is 0 Å². The molecule has 2 aromatic rings. The highest BCUT2D eigenvalue weighted by atomic mass is 35.5. The number of thiophene rings is 2. The summed E-state index contributed by atoms with van der Waals surface area (Å²) in [7, 11) is 0. The summed E-state index contributed by atoms with van der Waals surface area (Å²) in [5.41, 5.74) is 3.15. The van der Waals surface area contributed by atoms with Crippen molar-refractivity contribution in [2.24, 2.45) is 5.92 Å². The van der Waals surface area contributed by atoms with E-state index in [1.54, 1.807) is 22.7 Å². The molecule has 2 heterocycles. The molecule has 2 aromatic heterocycles. The van der Waals surface area contributed by atoms with E-state index in [-0.39, 0.29) is 6.04 Å². The number of hydrogen-bond donors (Lipinski definition) is 1. The first-order valence-corrected chi connectivity index (χ1v) is 7.90. The molecular formula is C13H16ClNOS2. The molecule has 2 rings (SSSR count). The zero-order valence-corrected chi connectivity index (χ0v) is 12.7. The first kappa shape index (κ1) is 14.0. The van der Waals surface area contributed by atoms with Crippen LogP contribution in [0.4, 0.5) is 0 Å². The Labute approximate surface area is 121 Å². The van der Waals surface area contributed by atoms with Crippen molar-refractivity contribution in [3.05, 3.63) is 43.7 Å². The minimum atomic E-state index is 0.0706. The Hall–Kier alpha value is -0.390. The van der Waals surface area contributed by atoms with Gasteiger partial charge in [0.1, 0.15) is 6.04 Å². The number of nitrogens with one attached hydrogen (secondary N) is 1. The Balaban J connectivity index is 2.09. The first-order chi connectivity index (χ1) is 8.66. The highest BCUT2D eigenvalue weighted by Crippen LogP contribution is 2.33. The van der Waals surface area contributed by atoms with E-state index < -0.39 is 0 Å². The molecule has 0 spiro atoms. The van der Waals surface area contributed by atoms with Gasteiger partial charge in [0.05, 0.1) is 10.9 Å². The number of halogens is 1. The molecule has 1 unspecified atom stereocenters. The lowest BCUT2D eigenvalue weighted by Crippen LogP contribution is -2.23. The molecule has 98 valence electrons. The Morgan fingerprint density at radius 2 is 2.11 bits per heavy atom. The van der Waals surface area contributed by atoms with Crippen molar-refractivity contribution in [2.75, 3.05) is 6.61 Å². The van der Waals surface area contributed by atoms with E-state index in [0.717, 1.165) is 4.34 Å². The van der Waals surface area contributed by atoms with E-state index in [1.807, 2.05) is 18.2 Å². The fourth-order valence-corrected chi connectivity index (χ4v) is 3.47. The van der Waals surface area contributed by atoms with Crippen molar-refractivity contribution >= 4 is 34.3 Å². The molecule has 18 heavy (non-hydrogen) atoms. The van der Waals surface area contributed by atoms with Crippen LogP contribution in [0.1, 0.15) is 29.6 Å². The fourth-order valence-electron chi connectivity index (χ4n) is 1.49. The lowest BCUT2D eigenvalue weighted by atomic mass is 10.2. The summed E-state index contributed by atoms with van der Waals surface area (Å²) in [4.78, 5) is 7.97. The predicted molar refractivity (Wildman–Crippen MR) is 79.4 cm³/mol. The summed E-state index contributed by atoms with van der Waals surface area (Å²) in [5, 5.41) is 2.07. The zero-order valence-electron chi connectivity index (χ0n) is 10.4. The SMILES string of the molecule is CC(C)CONC(c1cccs1)c1ccc(Cl)s1. The van der Waals surface area contributed by atoms with Crippen molar-refractivity contribution < 1.29 is 4.84 Å². The quantitative estimate of drug-likeness (QED) is 0.779. The molecule has 1 N–H and O–H groups in total. The van der Waals surface area contributed by atoms with Gasteiger partial charge in [-0.1, -0.05) is 31.5 Å². The maximum atomic E-state index is 6.00. The minimum absolute atomic E-state index is 0.0706. The van der Waals surface area contributed by atoms with E-state index >= 15 is 0 Å². The fraction of sp³-hybridized carbons (Fsp3) is 0.385. The highest BCUT2D eigenvalue weighted by Gasteiger charge is 2.17. The smallest absolute Gasteiger partial charge is 0.101 e. The predicted octanol–water partition coefficient (Wildman–Crippen LogP) is 4.73. The molecule has 0 aliphatic rings. The van der Waals surface area contributed by atoms with Crippen LogP contribution in [-0.4, -0.2) is 6.61 Å². The van der Waals surface area contributed by atoms with Gasteiger partial charge >= 0.3 is 0 Å². The lowest BCUT2D eigenvalue weighted by Gasteiger charge is -2.16. The molecular weight excluding hydrogens is 286 g/mol. The Morgan fingerprint density at radius 3 is 2.67 bits per heavy atom. The molecule has 0 amide bonds. The van der Waals surface area contributed by atoms with E-state index in [4.69, 9.17) is 16.4 Å². The molecule has 0 aromatic carbocycles. The van der Waals surface area contributed by atoms with Gasteiger partial charge in [-0.15, -0.1) is 22.7 Å². The van der Waals surface area contributed by atoms with Crippen LogP contribution < -0.4 is 5.48 Å². The van der Waals surface area contributed by atoms with Crippen molar-refractivity contribution in [3.8, 4) is 0 Å². The third kappa shape index (κ3) is 3.80. The van der Waals surface area contributed by atoms with Gasteiger partial charge in [-0.2, -0.15) is 5.48 Å². The van der Waals surface area contributed by atoms with Crippen LogP contribution in [0.15, 0.2) is 29.6 Å². The normalized spacial score (nSPS) is 13.1. The van der Waals surface area contributed by atoms with Gasteiger partial charge in [0.2, 0.25) is 0 Å².